The highest BCUT2D eigenvalue weighted by molar-refractivity contribution is 6.34. The quantitative estimate of drug-likeness (QED) is 0.712. The van der Waals surface area contributed by atoms with Gasteiger partial charge in [-0.15, -0.1) is 0 Å². The van der Waals surface area contributed by atoms with E-state index in [1.54, 1.807) is 36.4 Å². The Morgan fingerprint density at radius 2 is 1.88 bits per heavy atom. The number of amides is 1. The zero-order chi connectivity index (χ0) is 18.6. The van der Waals surface area contributed by atoms with Crippen LogP contribution in [0.5, 0.6) is 0 Å². The molecule has 0 unspecified atom stereocenters. The molecule has 0 heterocycles. The Morgan fingerprint density at radius 3 is 2.62 bits per heavy atom. The van der Waals surface area contributed by atoms with E-state index in [9.17, 15) is 14.3 Å². The molecule has 2 aromatic rings. The van der Waals surface area contributed by atoms with E-state index in [0.717, 1.165) is 19.3 Å². The average molecular weight is 377 g/mol. The highest BCUT2D eigenvalue weighted by atomic mass is 35.5. The summed E-state index contributed by atoms with van der Waals surface area (Å²) in [5, 5.41) is 16.5. The van der Waals surface area contributed by atoms with Crippen LogP contribution in [0, 0.1) is 5.82 Å². The smallest absolute Gasteiger partial charge is 0.252 e. The molecular formula is C20H22ClFN2O2. The number of rotatable bonds is 5. The maximum absolute atomic E-state index is 13.8. The van der Waals surface area contributed by atoms with Crippen LogP contribution in [0.25, 0.3) is 0 Å². The molecule has 0 atom stereocenters. The van der Waals surface area contributed by atoms with Crippen LogP contribution in [0.4, 0.5) is 15.8 Å². The van der Waals surface area contributed by atoms with Crippen LogP contribution in [0.1, 0.15) is 42.5 Å². The van der Waals surface area contributed by atoms with Crippen LogP contribution in [-0.2, 0) is 0 Å². The summed E-state index contributed by atoms with van der Waals surface area (Å²) < 4.78 is 13.8. The first-order valence-electron chi connectivity index (χ1n) is 8.79. The van der Waals surface area contributed by atoms with Crippen molar-refractivity contribution < 1.29 is 14.3 Å². The second-order valence-electron chi connectivity index (χ2n) is 6.77. The molecule has 1 fully saturated rings. The van der Waals surface area contributed by atoms with Gasteiger partial charge in [-0.25, -0.2) is 4.39 Å². The highest BCUT2D eigenvalue weighted by Gasteiger charge is 2.29. The number of hydrogen-bond donors (Lipinski definition) is 3. The average Bonchev–Trinajstić information content (AvgIpc) is 2.64. The van der Waals surface area contributed by atoms with Crippen LogP contribution in [0.15, 0.2) is 42.5 Å². The summed E-state index contributed by atoms with van der Waals surface area (Å²) >= 11 is 6.16. The maximum Gasteiger partial charge on any atom is 0.252 e. The molecule has 0 aromatic heterocycles. The Hall–Kier alpha value is -2.11. The predicted octanol–water partition coefficient (Wildman–Crippen LogP) is 4.65. The number of anilines is 2. The van der Waals surface area contributed by atoms with Gasteiger partial charge < -0.3 is 15.7 Å². The van der Waals surface area contributed by atoms with E-state index in [2.05, 4.69) is 10.6 Å². The van der Waals surface area contributed by atoms with E-state index in [1.165, 1.54) is 6.07 Å². The number of nitrogens with one attached hydrogen (secondary N) is 2. The molecule has 26 heavy (non-hydrogen) atoms. The van der Waals surface area contributed by atoms with E-state index >= 15 is 0 Å². The zero-order valence-corrected chi connectivity index (χ0v) is 15.2. The van der Waals surface area contributed by atoms with Gasteiger partial charge in [0.2, 0.25) is 0 Å². The number of para-hydroxylation sites is 1. The third-order valence-electron chi connectivity index (χ3n) is 4.73. The van der Waals surface area contributed by atoms with Gasteiger partial charge in [-0.1, -0.05) is 43.0 Å². The van der Waals surface area contributed by atoms with E-state index < -0.39 is 5.60 Å². The Bertz CT molecular complexity index is 791. The van der Waals surface area contributed by atoms with E-state index in [-0.39, 0.29) is 23.8 Å². The molecule has 6 heteroatoms. The Balaban J connectivity index is 1.70. The van der Waals surface area contributed by atoms with Gasteiger partial charge in [0.1, 0.15) is 5.82 Å². The Kier molecular flexibility index (Phi) is 5.79. The number of benzene rings is 2. The van der Waals surface area contributed by atoms with Crippen molar-refractivity contribution in [2.45, 2.75) is 37.7 Å². The standard InChI is InChI=1S/C20H22ClFN2O2/c21-16-9-8-14(24-18-7-3-2-6-17(18)22)12-15(16)19(25)23-13-20(26)10-4-1-5-11-20/h2-3,6-9,12,24,26H,1,4-5,10-11,13H2,(H,23,25). The lowest BCUT2D eigenvalue weighted by molar-refractivity contribution is 0.00526. The normalized spacial score (nSPS) is 16.1. The molecule has 1 aliphatic carbocycles. The fraction of sp³-hybridized carbons (Fsp3) is 0.350. The predicted molar refractivity (Wildman–Crippen MR) is 102 cm³/mol. The largest absolute Gasteiger partial charge is 0.388 e. The van der Waals surface area contributed by atoms with Gasteiger partial charge in [0.05, 0.1) is 21.9 Å². The molecule has 0 saturated heterocycles. The summed E-state index contributed by atoms with van der Waals surface area (Å²) in [4.78, 5) is 12.5. The summed E-state index contributed by atoms with van der Waals surface area (Å²) in [6.45, 7) is 0.202. The molecule has 0 aliphatic heterocycles. The number of halogens is 2. The van der Waals surface area contributed by atoms with Crippen molar-refractivity contribution in [1.29, 1.82) is 0 Å². The van der Waals surface area contributed by atoms with Crippen molar-refractivity contribution in [2.75, 3.05) is 11.9 Å². The Labute approximate surface area is 157 Å². The summed E-state index contributed by atoms with van der Waals surface area (Å²) in [7, 11) is 0. The molecule has 138 valence electrons. The first-order chi connectivity index (χ1) is 12.5. The first kappa shape index (κ1) is 18.7. The molecule has 3 rings (SSSR count). The van der Waals surface area contributed by atoms with Gasteiger partial charge in [0.25, 0.3) is 5.91 Å². The summed E-state index contributed by atoms with van der Waals surface area (Å²) in [6, 6.07) is 11.2. The van der Waals surface area contributed by atoms with Crippen molar-refractivity contribution >= 4 is 28.9 Å². The molecule has 0 spiro atoms. The first-order valence-corrected chi connectivity index (χ1v) is 9.16. The third-order valence-corrected chi connectivity index (χ3v) is 5.06. The molecule has 0 bridgehead atoms. The van der Waals surface area contributed by atoms with Crippen molar-refractivity contribution in [1.82, 2.24) is 5.32 Å². The molecular weight excluding hydrogens is 355 g/mol. The second-order valence-corrected chi connectivity index (χ2v) is 7.17. The van der Waals surface area contributed by atoms with Crippen LogP contribution in [0.3, 0.4) is 0 Å². The summed E-state index contributed by atoms with van der Waals surface area (Å²) in [5.41, 5.74) is 0.315. The third kappa shape index (κ3) is 4.54. The SMILES string of the molecule is O=C(NCC1(O)CCCCC1)c1cc(Nc2ccccc2F)ccc1Cl. The summed E-state index contributed by atoms with van der Waals surface area (Å²) in [6.07, 6.45) is 4.43. The van der Waals surface area contributed by atoms with Crippen LogP contribution < -0.4 is 10.6 Å². The fourth-order valence-corrected chi connectivity index (χ4v) is 3.43. The Morgan fingerprint density at radius 1 is 1.15 bits per heavy atom. The van der Waals surface area contributed by atoms with E-state index in [0.29, 0.717) is 29.2 Å². The van der Waals surface area contributed by atoms with Crippen LogP contribution in [-0.4, -0.2) is 23.2 Å². The van der Waals surface area contributed by atoms with Crippen molar-refractivity contribution in [3.8, 4) is 0 Å². The van der Waals surface area contributed by atoms with Crippen LogP contribution in [0.2, 0.25) is 5.02 Å². The number of carbonyl (C=O) groups excluding carboxylic acids is 1. The summed E-state index contributed by atoms with van der Waals surface area (Å²) in [5.74, 6) is -0.737. The fourth-order valence-electron chi connectivity index (χ4n) is 3.22. The minimum Gasteiger partial charge on any atom is -0.388 e. The number of carbonyl (C=O) groups is 1. The molecule has 3 N–H and O–H groups in total. The van der Waals surface area contributed by atoms with Gasteiger partial charge in [0.15, 0.2) is 0 Å². The lowest BCUT2D eigenvalue weighted by Gasteiger charge is -2.32. The highest BCUT2D eigenvalue weighted by Crippen LogP contribution is 2.28. The molecule has 2 aromatic carbocycles. The molecule has 1 aliphatic rings. The van der Waals surface area contributed by atoms with Crippen LogP contribution >= 0.6 is 11.6 Å². The van der Waals surface area contributed by atoms with E-state index in [4.69, 9.17) is 11.6 Å². The van der Waals surface area contributed by atoms with E-state index in [1.807, 2.05) is 0 Å². The van der Waals surface area contributed by atoms with Gasteiger partial charge >= 0.3 is 0 Å². The lowest BCUT2D eigenvalue weighted by Crippen LogP contribution is -2.44. The monoisotopic (exact) mass is 376 g/mol. The van der Waals surface area contributed by atoms with Crippen molar-refractivity contribution in [3.05, 3.63) is 58.9 Å². The van der Waals surface area contributed by atoms with Gasteiger partial charge in [-0.05, 0) is 43.2 Å². The maximum atomic E-state index is 13.8. The molecule has 1 saturated carbocycles. The lowest BCUT2D eigenvalue weighted by atomic mass is 9.85. The van der Waals surface area contributed by atoms with Gasteiger partial charge in [0, 0.05) is 12.2 Å². The second kappa shape index (κ2) is 8.06. The van der Waals surface area contributed by atoms with Crippen molar-refractivity contribution in [3.63, 3.8) is 0 Å². The van der Waals surface area contributed by atoms with Gasteiger partial charge in [-0.3, -0.25) is 4.79 Å². The number of aliphatic hydroxyl groups is 1. The molecule has 1 amide bonds. The minimum absolute atomic E-state index is 0.202. The molecule has 0 radical (unpaired) electrons. The minimum atomic E-state index is -0.844. The van der Waals surface area contributed by atoms with Crippen molar-refractivity contribution in [2.24, 2.45) is 0 Å². The zero-order valence-electron chi connectivity index (χ0n) is 14.4. The number of hydrogen-bond acceptors (Lipinski definition) is 3. The molecule has 4 nitrogen and oxygen atoms in total. The topological polar surface area (TPSA) is 61.4 Å². The van der Waals surface area contributed by atoms with Gasteiger partial charge in [-0.2, -0.15) is 0 Å².